The molecule has 3 heteroatoms. The molecule has 0 unspecified atom stereocenters. The molecule has 0 spiro atoms. The number of carbonyl (C=O) groups excluding carboxylic acids is 1. The van der Waals surface area contributed by atoms with E-state index in [1.807, 2.05) is 0 Å². The summed E-state index contributed by atoms with van der Waals surface area (Å²) in [7, 11) is 0. The smallest absolute Gasteiger partial charge is 0.344 e. The Hall–Kier alpha value is -0.990. The molecular formula is C8H14O3. The summed E-state index contributed by atoms with van der Waals surface area (Å²) in [5, 5.41) is 0. The van der Waals surface area contributed by atoms with Crippen LogP contribution in [0.4, 0.5) is 0 Å². The summed E-state index contributed by atoms with van der Waals surface area (Å²) in [6, 6.07) is 0. The van der Waals surface area contributed by atoms with Crippen molar-refractivity contribution in [2.45, 2.75) is 26.4 Å². The molecule has 0 saturated heterocycles. The third-order valence-corrected chi connectivity index (χ3v) is 0.739. The van der Waals surface area contributed by atoms with Crippen molar-refractivity contribution in [3.8, 4) is 0 Å². The van der Waals surface area contributed by atoms with E-state index >= 15 is 0 Å². The van der Waals surface area contributed by atoms with Crippen molar-refractivity contribution in [2.24, 2.45) is 0 Å². The van der Waals surface area contributed by atoms with E-state index in [0.29, 0.717) is 0 Å². The molecule has 0 saturated carbocycles. The molecule has 0 aliphatic rings. The maximum atomic E-state index is 10.8. The normalized spacial score (nSPS) is 10.5. The van der Waals surface area contributed by atoms with Crippen molar-refractivity contribution in [2.75, 3.05) is 6.61 Å². The van der Waals surface area contributed by atoms with E-state index in [1.165, 1.54) is 6.26 Å². The van der Waals surface area contributed by atoms with Gasteiger partial charge >= 0.3 is 5.97 Å². The molecular weight excluding hydrogens is 144 g/mol. The first-order chi connectivity index (χ1) is 4.95. The number of rotatable bonds is 3. The van der Waals surface area contributed by atoms with Gasteiger partial charge in [-0.15, -0.1) is 0 Å². The van der Waals surface area contributed by atoms with Crippen LogP contribution < -0.4 is 0 Å². The highest BCUT2D eigenvalue weighted by atomic mass is 16.6. The van der Waals surface area contributed by atoms with Gasteiger partial charge < -0.3 is 9.47 Å². The van der Waals surface area contributed by atoms with Gasteiger partial charge in [-0.2, -0.15) is 0 Å². The van der Waals surface area contributed by atoms with Crippen LogP contribution >= 0.6 is 0 Å². The lowest BCUT2D eigenvalue weighted by atomic mass is 10.2. The zero-order valence-electron chi connectivity index (χ0n) is 7.22. The number of hydrogen-bond donors (Lipinski definition) is 0. The second kappa shape index (κ2) is 4.01. The lowest BCUT2D eigenvalue weighted by Crippen LogP contribution is -2.26. The molecule has 0 aromatic heterocycles. The van der Waals surface area contributed by atoms with Crippen molar-refractivity contribution in [1.29, 1.82) is 0 Å². The Kier molecular flexibility index (Phi) is 3.65. The van der Waals surface area contributed by atoms with Crippen LogP contribution in [0, 0.1) is 0 Å². The maximum absolute atomic E-state index is 10.8. The molecule has 0 aromatic rings. The van der Waals surface area contributed by atoms with Gasteiger partial charge in [0.05, 0.1) is 6.26 Å². The van der Waals surface area contributed by atoms with E-state index in [0.717, 1.165) is 0 Å². The van der Waals surface area contributed by atoms with Crippen molar-refractivity contribution < 1.29 is 14.3 Å². The molecule has 0 radical (unpaired) electrons. The van der Waals surface area contributed by atoms with E-state index in [-0.39, 0.29) is 12.6 Å². The highest BCUT2D eigenvalue weighted by molar-refractivity contribution is 5.71. The Morgan fingerprint density at radius 3 is 2.45 bits per heavy atom. The molecule has 0 aliphatic carbocycles. The average molecular weight is 158 g/mol. The van der Waals surface area contributed by atoms with Crippen LogP contribution in [-0.4, -0.2) is 18.2 Å². The molecule has 0 bridgehead atoms. The van der Waals surface area contributed by atoms with Crippen LogP contribution in [0.15, 0.2) is 12.8 Å². The number of ether oxygens (including phenoxy) is 2. The highest BCUT2D eigenvalue weighted by Gasteiger charge is 2.15. The van der Waals surface area contributed by atoms with E-state index in [4.69, 9.17) is 4.74 Å². The zero-order chi connectivity index (χ0) is 8.91. The van der Waals surface area contributed by atoms with Crippen LogP contribution in [0.2, 0.25) is 0 Å². The topological polar surface area (TPSA) is 35.5 Å². The van der Waals surface area contributed by atoms with Gasteiger partial charge in [-0.1, -0.05) is 6.58 Å². The Balaban J connectivity index is 3.61. The Morgan fingerprint density at radius 1 is 1.55 bits per heavy atom. The largest absolute Gasteiger partial charge is 0.490 e. The maximum Gasteiger partial charge on any atom is 0.344 e. The molecule has 0 heterocycles. The summed E-state index contributed by atoms with van der Waals surface area (Å²) in [5.74, 6) is -0.377. The van der Waals surface area contributed by atoms with Gasteiger partial charge in [0.15, 0.2) is 6.61 Å². The van der Waals surface area contributed by atoms with E-state index in [1.54, 1.807) is 20.8 Å². The van der Waals surface area contributed by atoms with Gasteiger partial charge in [-0.3, -0.25) is 0 Å². The van der Waals surface area contributed by atoms with Gasteiger partial charge in [-0.05, 0) is 20.8 Å². The van der Waals surface area contributed by atoms with Crippen LogP contribution in [0.3, 0.4) is 0 Å². The SMILES string of the molecule is C=COCC(=O)OC(C)(C)C. The minimum Gasteiger partial charge on any atom is -0.490 e. The number of esters is 1. The van der Waals surface area contributed by atoms with Gasteiger partial charge in [0, 0.05) is 0 Å². The lowest BCUT2D eigenvalue weighted by molar-refractivity contribution is -0.158. The first-order valence-electron chi connectivity index (χ1n) is 3.40. The molecule has 11 heavy (non-hydrogen) atoms. The first-order valence-corrected chi connectivity index (χ1v) is 3.40. The molecule has 0 fully saturated rings. The fourth-order valence-electron chi connectivity index (χ4n) is 0.498. The fourth-order valence-corrected chi connectivity index (χ4v) is 0.498. The molecule has 64 valence electrons. The van der Waals surface area contributed by atoms with E-state index in [9.17, 15) is 4.79 Å². The van der Waals surface area contributed by atoms with Gasteiger partial charge in [0.25, 0.3) is 0 Å². The fraction of sp³-hybridized carbons (Fsp3) is 0.625. The van der Waals surface area contributed by atoms with Crippen LogP contribution in [0.25, 0.3) is 0 Å². The molecule has 0 N–H and O–H groups in total. The standard InChI is InChI=1S/C8H14O3/c1-5-10-6-7(9)11-8(2,3)4/h5H,1,6H2,2-4H3. The first kappa shape index (κ1) is 10.0. The molecule has 0 rings (SSSR count). The van der Waals surface area contributed by atoms with Gasteiger partial charge in [0.1, 0.15) is 5.60 Å². The third kappa shape index (κ3) is 6.90. The molecule has 0 amide bonds. The average Bonchev–Trinajstić information content (AvgIpc) is 1.79. The minimum atomic E-state index is -0.443. The molecule has 0 aliphatic heterocycles. The Morgan fingerprint density at radius 2 is 2.09 bits per heavy atom. The highest BCUT2D eigenvalue weighted by Crippen LogP contribution is 2.06. The van der Waals surface area contributed by atoms with Gasteiger partial charge in [-0.25, -0.2) is 4.79 Å². The van der Waals surface area contributed by atoms with Crippen LogP contribution in [0.5, 0.6) is 0 Å². The monoisotopic (exact) mass is 158 g/mol. The molecule has 3 nitrogen and oxygen atoms in total. The zero-order valence-corrected chi connectivity index (χ0v) is 7.22. The number of hydrogen-bond acceptors (Lipinski definition) is 3. The van der Waals surface area contributed by atoms with Crippen molar-refractivity contribution >= 4 is 5.97 Å². The number of carbonyl (C=O) groups is 1. The van der Waals surface area contributed by atoms with Crippen molar-refractivity contribution in [3.05, 3.63) is 12.8 Å². The van der Waals surface area contributed by atoms with Crippen LogP contribution in [-0.2, 0) is 14.3 Å². The second-order valence-corrected chi connectivity index (χ2v) is 3.06. The van der Waals surface area contributed by atoms with Crippen molar-refractivity contribution in [1.82, 2.24) is 0 Å². The quantitative estimate of drug-likeness (QED) is 0.461. The van der Waals surface area contributed by atoms with E-state index < -0.39 is 5.60 Å². The summed E-state index contributed by atoms with van der Waals surface area (Å²) >= 11 is 0. The minimum absolute atomic E-state index is 0.0687. The Bertz CT molecular complexity index is 144. The predicted molar refractivity (Wildman–Crippen MR) is 42.0 cm³/mol. The summed E-state index contributed by atoms with van der Waals surface area (Å²) in [4.78, 5) is 10.8. The summed E-state index contributed by atoms with van der Waals surface area (Å²) in [6.45, 7) is 8.64. The molecule has 0 atom stereocenters. The van der Waals surface area contributed by atoms with Gasteiger partial charge in [0.2, 0.25) is 0 Å². The summed E-state index contributed by atoms with van der Waals surface area (Å²) in [5.41, 5.74) is -0.443. The Labute approximate surface area is 67.0 Å². The van der Waals surface area contributed by atoms with E-state index in [2.05, 4.69) is 11.3 Å². The lowest BCUT2D eigenvalue weighted by Gasteiger charge is -2.18. The third-order valence-electron chi connectivity index (χ3n) is 0.739. The predicted octanol–water partition coefficient (Wildman–Crippen LogP) is 1.49. The van der Waals surface area contributed by atoms with Crippen LogP contribution in [0.1, 0.15) is 20.8 Å². The second-order valence-electron chi connectivity index (χ2n) is 3.06. The summed E-state index contributed by atoms with van der Waals surface area (Å²) in [6.07, 6.45) is 1.21. The van der Waals surface area contributed by atoms with Crippen molar-refractivity contribution in [3.63, 3.8) is 0 Å². The molecule has 0 aromatic carbocycles. The summed E-state index contributed by atoms with van der Waals surface area (Å²) < 4.78 is 9.56.